The Bertz CT molecular complexity index is 275. The number of benzene rings is 1. The van der Waals surface area contributed by atoms with Gasteiger partial charge in [-0.3, -0.25) is 0 Å². The summed E-state index contributed by atoms with van der Waals surface area (Å²) < 4.78 is 2.67. The Morgan fingerprint density at radius 1 is 1.15 bits per heavy atom. The third-order valence-corrected chi connectivity index (χ3v) is 2.16. The second-order valence-corrected chi connectivity index (χ2v) is 3.30. The minimum atomic E-state index is 0.889. The molecule has 1 aromatic carbocycles. The molecule has 0 aliphatic carbocycles. The van der Waals surface area contributed by atoms with Crippen LogP contribution >= 0.6 is 0 Å². The average molecular weight is 238 g/mol. The summed E-state index contributed by atoms with van der Waals surface area (Å²) in [5.41, 5.74) is 1.42. The summed E-state index contributed by atoms with van der Waals surface area (Å²) in [6, 6.07) is 10.6. The van der Waals surface area contributed by atoms with Gasteiger partial charge >= 0.3 is 87.0 Å². The molecule has 1 aromatic rings. The van der Waals surface area contributed by atoms with Gasteiger partial charge in [0.1, 0.15) is 0 Å². The summed E-state index contributed by atoms with van der Waals surface area (Å²) >= 11 is 2.63. The zero-order chi connectivity index (χ0) is 9.36. The topological polar surface area (TPSA) is 12.4 Å². The SMILES string of the molecule is [Se]=C=NCCCCc1ccccc1. The molecule has 0 amide bonds. The number of rotatable bonds is 5. The zero-order valence-electron chi connectivity index (χ0n) is 7.57. The van der Waals surface area contributed by atoms with Gasteiger partial charge in [0.05, 0.1) is 0 Å². The van der Waals surface area contributed by atoms with Gasteiger partial charge in [0.25, 0.3) is 0 Å². The third kappa shape index (κ3) is 4.79. The molecule has 0 saturated carbocycles. The Morgan fingerprint density at radius 3 is 2.62 bits per heavy atom. The first kappa shape index (κ1) is 10.4. The quantitative estimate of drug-likeness (QED) is 0.423. The summed E-state index contributed by atoms with van der Waals surface area (Å²) in [4.78, 5) is 4.00. The number of nitrogens with zero attached hydrogens (tertiary/aromatic N) is 1. The van der Waals surface area contributed by atoms with Crippen molar-refractivity contribution >= 4 is 20.3 Å². The second-order valence-electron chi connectivity index (χ2n) is 2.92. The number of hydrogen-bond donors (Lipinski definition) is 0. The van der Waals surface area contributed by atoms with Crippen LogP contribution in [0.4, 0.5) is 0 Å². The molecular formula is C11H13NSe. The number of aryl methyl sites for hydroxylation is 1. The van der Waals surface area contributed by atoms with Gasteiger partial charge in [-0.25, -0.2) is 0 Å². The molecule has 0 aliphatic rings. The summed E-state index contributed by atoms with van der Waals surface area (Å²) in [5.74, 6) is 0. The standard InChI is InChI=1S/C11H13NSe/c13-10-12-9-5-4-8-11-6-2-1-3-7-11/h1-3,6-7H,4-5,8-9H2. The zero-order valence-corrected chi connectivity index (χ0v) is 9.28. The van der Waals surface area contributed by atoms with E-state index in [0.717, 1.165) is 19.4 Å². The summed E-state index contributed by atoms with van der Waals surface area (Å²) in [5, 5.41) is 0. The van der Waals surface area contributed by atoms with Crippen LogP contribution < -0.4 is 0 Å². The number of unbranched alkanes of at least 4 members (excludes halogenated alkanes) is 1. The monoisotopic (exact) mass is 239 g/mol. The van der Waals surface area contributed by atoms with E-state index < -0.39 is 0 Å². The van der Waals surface area contributed by atoms with E-state index in [1.54, 1.807) is 0 Å². The molecule has 1 nitrogen and oxygen atoms in total. The Labute approximate surface area is 87.3 Å². The van der Waals surface area contributed by atoms with Crippen molar-refractivity contribution < 1.29 is 0 Å². The van der Waals surface area contributed by atoms with E-state index in [9.17, 15) is 0 Å². The second kappa shape index (κ2) is 6.79. The van der Waals surface area contributed by atoms with E-state index in [1.807, 2.05) is 0 Å². The molecule has 1 rings (SSSR count). The van der Waals surface area contributed by atoms with Gasteiger partial charge in [0.2, 0.25) is 0 Å². The van der Waals surface area contributed by atoms with E-state index in [1.165, 1.54) is 12.0 Å². The van der Waals surface area contributed by atoms with E-state index >= 15 is 0 Å². The van der Waals surface area contributed by atoms with Gasteiger partial charge in [-0.1, -0.05) is 0 Å². The van der Waals surface area contributed by atoms with Gasteiger partial charge < -0.3 is 0 Å². The molecule has 68 valence electrons. The average Bonchev–Trinajstić information content (AvgIpc) is 2.19. The molecule has 0 aromatic heterocycles. The van der Waals surface area contributed by atoms with Crippen LogP contribution in [0.15, 0.2) is 35.3 Å². The molecule has 0 radical (unpaired) electrons. The van der Waals surface area contributed by atoms with Crippen molar-refractivity contribution in [1.82, 2.24) is 0 Å². The molecule has 0 fully saturated rings. The van der Waals surface area contributed by atoms with E-state index in [-0.39, 0.29) is 0 Å². The first-order chi connectivity index (χ1) is 6.43. The van der Waals surface area contributed by atoms with E-state index in [0.29, 0.717) is 0 Å². The molecule has 0 unspecified atom stereocenters. The van der Waals surface area contributed by atoms with Gasteiger partial charge in [-0.05, 0) is 0 Å². The van der Waals surface area contributed by atoms with Gasteiger partial charge in [-0.15, -0.1) is 0 Å². The first-order valence-electron chi connectivity index (χ1n) is 4.51. The van der Waals surface area contributed by atoms with Crippen molar-refractivity contribution in [2.45, 2.75) is 19.3 Å². The molecule has 0 bridgehead atoms. The number of aliphatic imine (C=N–C) groups is 1. The van der Waals surface area contributed by atoms with Crippen LogP contribution in [0.1, 0.15) is 18.4 Å². The Hall–Kier alpha value is -0.681. The Balaban J connectivity index is 2.17. The predicted molar refractivity (Wildman–Crippen MR) is 57.4 cm³/mol. The van der Waals surface area contributed by atoms with Crippen molar-refractivity contribution in [3.8, 4) is 0 Å². The van der Waals surface area contributed by atoms with E-state index in [2.05, 4.69) is 55.6 Å². The van der Waals surface area contributed by atoms with Gasteiger partial charge in [0.15, 0.2) is 0 Å². The van der Waals surface area contributed by atoms with Crippen molar-refractivity contribution in [3.63, 3.8) is 0 Å². The van der Waals surface area contributed by atoms with Gasteiger partial charge in [0, 0.05) is 0 Å². The van der Waals surface area contributed by atoms with Crippen LogP contribution in [0.5, 0.6) is 0 Å². The van der Waals surface area contributed by atoms with Crippen molar-refractivity contribution in [2.75, 3.05) is 6.54 Å². The van der Waals surface area contributed by atoms with Crippen LogP contribution in [0.3, 0.4) is 0 Å². The summed E-state index contributed by atoms with van der Waals surface area (Å²) in [6.07, 6.45) is 3.50. The third-order valence-electron chi connectivity index (χ3n) is 1.89. The van der Waals surface area contributed by atoms with Crippen LogP contribution in [0, 0.1) is 0 Å². The first-order valence-corrected chi connectivity index (χ1v) is 5.36. The molecular weight excluding hydrogens is 225 g/mol. The van der Waals surface area contributed by atoms with E-state index in [4.69, 9.17) is 0 Å². The molecule has 0 heterocycles. The van der Waals surface area contributed by atoms with Crippen LogP contribution in [0.2, 0.25) is 0 Å². The molecule has 0 N–H and O–H groups in total. The van der Waals surface area contributed by atoms with Crippen LogP contribution in [0.25, 0.3) is 0 Å². The Kier molecular flexibility index (Phi) is 5.44. The fourth-order valence-electron chi connectivity index (χ4n) is 1.21. The molecule has 0 spiro atoms. The molecule has 0 saturated heterocycles. The maximum atomic E-state index is 4.00. The Morgan fingerprint density at radius 2 is 1.92 bits per heavy atom. The predicted octanol–water partition coefficient (Wildman–Crippen LogP) is 2.08. The molecule has 2 heteroatoms. The summed E-state index contributed by atoms with van der Waals surface area (Å²) in [7, 11) is 0. The normalized spacial score (nSPS) is 9.23. The van der Waals surface area contributed by atoms with Crippen molar-refractivity contribution in [1.29, 1.82) is 0 Å². The van der Waals surface area contributed by atoms with Crippen LogP contribution in [-0.4, -0.2) is 26.8 Å². The minimum absolute atomic E-state index is 0.889. The maximum absolute atomic E-state index is 4.00. The molecule has 0 atom stereocenters. The fourth-order valence-corrected chi connectivity index (χ4v) is 1.40. The van der Waals surface area contributed by atoms with Crippen molar-refractivity contribution in [3.05, 3.63) is 35.9 Å². The fraction of sp³-hybridized carbons (Fsp3) is 0.364. The summed E-state index contributed by atoms with van der Waals surface area (Å²) in [6.45, 7) is 0.889. The van der Waals surface area contributed by atoms with Crippen LogP contribution in [-0.2, 0) is 6.42 Å². The van der Waals surface area contributed by atoms with Gasteiger partial charge in [-0.2, -0.15) is 0 Å². The van der Waals surface area contributed by atoms with Crippen molar-refractivity contribution in [2.24, 2.45) is 4.99 Å². The molecule has 13 heavy (non-hydrogen) atoms. The number of hydrogen-bond acceptors (Lipinski definition) is 1. The molecule has 0 aliphatic heterocycles.